The largest absolute Gasteiger partial charge is 0.461 e. The molecule has 0 saturated carbocycles. The summed E-state index contributed by atoms with van der Waals surface area (Å²) in [5.74, 6) is -0.0483. The summed E-state index contributed by atoms with van der Waals surface area (Å²) in [4.78, 5) is 29.7. The van der Waals surface area contributed by atoms with Gasteiger partial charge in [0.25, 0.3) is 0 Å². The number of nitrogens with zero attached hydrogens (tertiary/aromatic N) is 2. The van der Waals surface area contributed by atoms with E-state index in [1.54, 1.807) is 0 Å². The normalized spacial score (nSPS) is 37.9. The third kappa shape index (κ3) is 6.93. The molecular weight excluding hydrogens is 404 g/mol. The lowest BCUT2D eigenvalue weighted by atomic mass is 9.90. The Bertz CT molecular complexity index is 561. The first-order valence-corrected chi connectivity index (χ1v) is 13.2. The zero-order chi connectivity index (χ0) is 23.1. The summed E-state index contributed by atoms with van der Waals surface area (Å²) in [6.45, 7) is 4.37. The molecule has 0 amide bonds. The van der Waals surface area contributed by atoms with Gasteiger partial charge in [0, 0.05) is 37.0 Å². The van der Waals surface area contributed by atoms with Gasteiger partial charge in [-0.3, -0.25) is 19.4 Å². The highest BCUT2D eigenvalue weighted by atomic mass is 16.5. The SMILES string of the molecule is CC1C2CCC(CCCCCC(=O)OC3CCC(CCCCCC(=O)O2)N(C)C3C)N1C. The van der Waals surface area contributed by atoms with Crippen LogP contribution in [0, 0.1) is 0 Å². The molecule has 4 bridgehead atoms. The summed E-state index contributed by atoms with van der Waals surface area (Å²) in [5, 5.41) is 0. The molecule has 0 spiro atoms. The van der Waals surface area contributed by atoms with Crippen molar-refractivity contribution in [3.8, 4) is 0 Å². The van der Waals surface area contributed by atoms with Crippen LogP contribution < -0.4 is 0 Å². The quantitative estimate of drug-likeness (QED) is 0.499. The van der Waals surface area contributed by atoms with E-state index in [-0.39, 0.29) is 36.2 Å². The lowest BCUT2D eigenvalue weighted by molar-refractivity contribution is -0.157. The van der Waals surface area contributed by atoms with Crippen molar-refractivity contribution < 1.29 is 19.1 Å². The molecule has 6 saturated heterocycles. The van der Waals surface area contributed by atoms with E-state index >= 15 is 0 Å². The molecule has 6 aliphatic rings. The highest BCUT2D eigenvalue weighted by Gasteiger charge is 2.35. The maximum absolute atomic E-state index is 12.4. The average molecular weight is 451 g/mol. The van der Waals surface area contributed by atoms with Gasteiger partial charge in [-0.05, 0) is 79.3 Å². The van der Waals surface area contributed by atoms with E-state index in [4.69, 9.17) is 9.47 Å². The number of hydrogen-bond donors (Lipinski definition) is 0. The predicted octanol–water partition coefficient (Wildman–Crippen LogP) is 4.69. The monoisotopic (exact) mass is 450 g/mol. The third-order valence-electron chi connectivity index (χ3n) is 8.48. The number of carbonyl (C=O) groups excluding carboxylic acids is 2. The molecule has 6 fully saturated rings. The van der Waals surface area contributed by atoms with Crippen LogP contribution in [-0.2, 0) is 19.1 Å². The topological polar surface area (TPSA) is 59.1 Å². The Labute approximate surface area is 195 Å². The second-order valence-electron chi connectivity index (χ2n) is 10.5. The third-order valence-corrected chi connectivity index (χ3v) is 8.48. The number of ether oxygens (including phenoxy) is 2. The van der Waals surface area contributed by atoms with Crippen molar-refractivity contribution in [1.29, 1.82) is 0 Å². The summed E-state index contributed by atoms with van der Waals surface area (Å²) in [7, 11) is 4.33. The number of likely N-dealkylation sites (N-methyl/N-ethyl adjacent to an activating group) is 2. The minimum Gasteiger partial charge on any atom is -0.461 e. The summed E-state index contributed by atoms with van der Waals surface area (Å²) in [6, 6.07) is 1.60. The van der Waals surface area contributed by atoms with Gasteiger partial charge in [0.1, 0.15) is 12.2 Å². The Morgan fingerprint density at radius 2 is 1.00 bits per heavy atom. The Kier molecular flexibility index (Phi) is 9.84. The first-order chi connectivity index (χ1) is 15.4. The fourth-order valence-electron chi connectivity index (χ4n) is 5.91. The van der Waals surface area contributed by atoms with Crippen LogP contribution in [0.3, 0.4) is 0 Å². The van der Waals surface area contributed by atoms with Crippen LogP contribution in [0.4, 0.5) is 0 Å². The second kappa shape index (κ2) is 12.4. The first kappa shape index (κ1) is 25.5. The molecule has 0 radical (unpaired) electrons. The van der Waals surface area contributed by atoms with Crippen LogP contribution in [0.5, 0.6) is 0 Å². The van der Waals surface area contributed by atoms with Gasteiger partial charge in [0.15, 0.2) is 0 Å². The molecule has 0 aliphatic carbocycles. The average Bonchev–Trinajstić information content (AvgIpc) is 2.76. The first-order valence-electron chi connectivity index (χ1n) is 13.2. The van der Waals surface area contributed by atoms with Gasteiger partial charge < -0.3 is 9.47 Å². The Morgan fingerprint density at radius 1 is 0.594 bits per heavy atom. The summed E-state index contributed by atoms with van der Waals surface area (Å²) >= 11 is 0. The number of esters is 2. The van der Waals surface area contributed by atoms with Gasteiger partial charge in [0.2, 0.25) is 0 Å². The van der Waals surface area contributed by atoms with Crippen molar-refractivity contribution in [2.45, 2.75) is 140 Å². The maximum Gasteiger partial charge on any atom is 0.306 e. The Morgan fingerprint density at radius 3 is 1.41 bits per heavy atom. The molecule has 184 valence electrons. The smallest absolute Gasteiger partial charge is 0.306 e. The summed E-state index contributed by atoms with van der Waals surface area (Å²) in [5.41, 5.74) is 0. The van der Waals surface area contributed by atoms with E-state index < -0.39 is 0 Å². The molecule has 32 heavy (non-hydrogen) atoms. The van der Waals surface area contributed by atoms with Crippen molar-refractivity contribution >= 4 is 11.9 Å². The fraction of sp³-hybridized carbons (Fsp3) is 0.923. The molecule has 6 heteroatoms. The molecule has 0 N–H and O–H groups in total. The molecule has 6 unspecified atom stereocenters. The highest BCUT2D eigenvalue weighted by molar-refractivity contribution is 5.70. The van der Waals surface area contributed by atoms with Crippen LogP contribution in [0.1, 0.15) is 104 Å². The lowest BCUT2D eigenvalue weighted by Crippen LogP contribution is -2.51. The molecule has 6 atom stereocenters. The van der Waals surface area contributed by atoms with Crippen LogP contribution in [0.2, 0.25) is 0 Å². The van der Waals surface area contributed by atoms with Gasteiger partial charge in [-0.1, -0.05) is 25.7 Å². The van der Waals surface area contributed by atoms with Gasteiger partial charge >= 0.3 is 11.9 Å². The molecule has 0 aromatic carbocycles. The minimum absolute atomic E-state index is 0.0155. The van der Waals surface area contributed by atoms with Crippen LogP contribution in [0.15, 0.2) is 0 Å². The highest BCUT2D eigenvalue weighted by Crippen LogP contribution is 2.29. The second-order valence-corrected chi connectivity index (χ2v) is 10.5. The van der Waals surface area contributed by atoms with Crippen molar-refractivity contribution in [2.24, 2.45) is 0 Å². The van der Waals surface area contributed by atoms with E-state index in [9.17, 15) is 9.59 Å². The van der Waals surface area contributed by atoms with Crippen molar-refractivity contribution in [2.75, 3.05) is 14.1 Å². The molecule has 0 aromatic heterocycles. The predicted molar refractivity (Wildman–Crippen MR) is 126 cm³/mol. The zero-order valence-corrected chi connectivity index (χ0v) is 20.9. The number of carbonyl (C=O) groups is 2. The van der Waals surface area contributed by atoms with Crippen LogP contribution in [0.25, 0.3) is 0 Å². The number of rotatable bonds is 0. The molecule has 6 rings (SSSR count). The van der Waals surface area contributed by atoms with Crippen molar-refractivity contribution in [3.05, 3.63) is 0 Å². The van der Waals surface area contributed by atoms with E-state index in [1.165, 1.54) is 0 Å². The van der Waals surface area contributed by atoms with Gasteiger partial charge in [-0.2, -0.15) is 0 Å². The van der Waals surface area contributed by atoms with Crippen LogP contribution >= 0.6 is 0 Å². The van der Waals surface area contributed by atoms with Crippen molar-refractivity contribution in [1.82, 2.24) is 9.80 Å². The van der Waals surface area contributed by atoms with E-state index in [0.717, 1.165) is 77.0 Å². The Balaban J connectivity index is 1.56. The fourth-order valence-corrected chi connectivity index (χ4v) is 5.91. The van der Waals surface area contributed by atoms with E-state index in [1.807, 2.05) is 0 Å². The molecular formula is C26H46N2O4. The van der Waals surface area contributed by atoms with Gasteiger partial charge in [-0.15, -0.1) is 0 Å². The number of hydrogen-bond acceptors (Lipinski definition) is 6. The minimum atomic E-state index is -0.0242. The molecule has 6 aliphatic heterocycles. The summed E-state index contributed by atoms with van der Waals surface area (Å²) in [6.07, 6.45) is 13.7. The zero-order valence-electron chi connectivity index (χ0n) is 20.9. The van der Waals surface area contributed by atoms with E-state index in [0.29, 0.717) is 24.9 Å². The number of piperidine rings is 2. The summed E-state index contributed by atoms with van der Waals surface area (Å²) < 4.78 is 11.8. The van der Waals surface area contributed by atoms with Crippen molar-refractivity contribution in [3.63, 3.8) is 0 Å². The van der Waals surface area contributed by atoms with E-state index in [2.05, 4.69) is 37.7 Å². The van der Waals surface area contributed by atoms with Gasteiger partial charge in [-0.25, -0.2) is 0 Å². The Hall–Kier alpha value is -1.14. The molecule has 0 aromatic rings. The maximum atomic E-state index is 12.4. The lowest BCUT2D eigenvalue weighted by Gasteiger charge is -2.42. The molecule has 6 nitrogen and oxygen atoms in total. The van der Waals surface area contributed by atoms with Gasteiger partial charge in [0.05, 0.1) is 0 Å². The standard InChI is InChI=1S/C26H46N2O4/c1-19-23-17-15-21(27(19)3)11-7-5-10-14-26(30)32-24-18-16-22(28(4)20(24)2)12-8-6-9-13-25(29)31-23/h19-24H,5-18H2,1-4H3. The van der Waals surface area contributed by atoms with Crippen LogP contribution in [-0.4, -0.2) is 72.2 Å². The molecule has 6 heterocycles.